The third-order valence-corrected chi connectivity index (χ3v) is 0.904. The monoisotopic (exact) mass is 128 g/mol. The van der Waals surface area contributed by atoms with Crippen LogP contribution >= 0.6 is 0 Å². The summed E-state index contributed by atoms with van der Waals surface area (Å²) in [6.45, 7) is 1.68. The van der Waals surface area contributed by atoms with Gasteiger partial charge in [0.1, 0.15) is 0 Å². The zero-order chi connectivity index (χ0) is 6.69. The molecule has 1 aromatic rings. The maximum atomic E-state index is 8.81. The summed E-state index contributed by atoms with van der Waals surface area (Å²) >= 11 is 0. The quantitative estimate of drug-likeness (QED) is 0.608. The lowest BCUT2D eigenvalue weighted by Gasteiger charge is -1.95. The Morgan fingerprint density at radius 3 is 3.11 bits per heavy atom. The second kappa shape index (κ2) is 2.59. The fourth-order valence-electron chi connectivity index (χ4n) is 0.569. The normalized spacial score (nSPS) is 13.6. The van der Waals surface area contributed by atoms with Gasteiger partial charge < -0.3 is 9.63 Å². The molecule has 0 fully saturated rings. The molecule has 4 nitrogen and oxygen atoms in total. The number of aromatic nitrogens is 2. The zero-order valence-corrected chi connectivity index (χ0v) is 5.11. The molecule has 1 aromatic heterocycles. The molecule has 9 heavy (non-hydrogen) atoms. The number of aliphatic hydroxyl groups is 1. The first-order valence-corrected chi connectivity index (χ1v) is 2.73. The van der Waals surface area contributed by atoms with Crippen molar-refractivity contribution < 1.29 is 9.63 Å². The molecular weight excluding hydrogens is 120 g/mol. The largest absolute Gasteiger partial charge is 0.393 e. The summed E-state index contributed by atoms with van der Waals surface area (Å²) in [7, 11) is 0. The highest BCUT2D eigenvalue weighted by molar-refractivity contribution is 4.86. The molecule has 0 saturated heterocycles. The Morgan fingerprint density at radius 1 is 1.89 bits per heavy atom. The van der Waals surface area contributed by atoms with Crippen LogP contribution in [0, 0.1) is 0 Å². The van der Waals surface area contributed by atoms with E-state index in [1.165, 1.54) is 6.20 Å². The Morgan fingerprint density at radius 2 is 2.67 bits per heavy atom. The summed E-state index contributed by atoms with van der Waals surface area (Å²) in [6, 6.07) is 0. The maximum absolute atomic E-state index is 8.81. The van der Waals surface area contributed by atoms with Gasteiger partial charge in [-0.05, 0) is 6.92 Å². The van der Waals surface area contributed by atoms with Gasteiger partial charge in [-0.25, -0.2) is 0 Å². The smallest absolute Gasteiger partial charge is 0.159 e. The summed E-state index contributed by atoms with van der Waals surface area (Å²) in [5.41, 5.74) is 0. The molecule has 0 aliphatic rings. The predicted molar refractivity (Wildman–Crippen MR) is 29.7 cm³/mol. The van der Waals surface area contributed by atoms with Crippen LogP contribution < -0.4 is 0 Å². The van der Waals surface area contributed by atoms with Gasteiger partial charge in [-0.2, -0.15) is 0 Å². The number of hydrogen-bond donors (Lipinski definition) is 1. The predicted octanol–water partition coefficient (Wildman–Crippen LogP) is -0.00710. The van der Waals surface area contributed by atoms with Gasteiger partial charge in [0, 0.05) is 11.7 Å². The van der Waals surface area contributed by atoms with Crippen LogP contribution in [0.1, 0.15) is 12.7 Å². The number of hydrogen-bond acceptors (Lipinski definition) is 4. The van der Waals surface area contributed by atoms with Crippen molar-refractivity contribution in [1.82, 2.24) is 10.4 Å². The minimum Gasteiger partial charge on any atom is -0.393 e. The Hall–Kier alpha value is -0.900. The van der Waals surface area contributed by atoms with E-state index in [1.807, 2.05) is 0 Å². The van der Waals surface area contributed by atoms with Crippen LogP contribution in [0.15, 0.2) is 10.7 Å². The van der Waals surface area contributed by atoms with E-state index in [-0.39, 0.29) is 6.10 Å². The van der Waals surface area contributed by atoms with E-state index in [0.717, 1.165) is 0 Å². The molecule has 0 aromatic carbocycles. The van der Waals surface area contributed by atoms with Gasteiger partial charge in [0.2, 0.25) is 0 Å². The van der Waals surface area contributed by atoms with Crippen molar-refractivity contribution in [2.75, 3.05) is 0 Å². The topological polar surface area (TPSA) is 59.2 Å². The summed E-state index contributed by atoms with van der Waals surface area (Å²) < 4.78 is 4.62. The van der Waals surface area contributed by atoms with Crippen molar-refractivity contribution in [2.24, 2.45) is 0 Å². The van der Waals surface area contributed by atoms with Crippen LogP contribution in [0.5, 0.6) is 0 Å². The highest BCUT2D eigenvalue weighted by atomic mass is 16.5. The van der Waals surface area contributed by atoms with Crippen molar-refractivity contribution in [3.63, 3.8) is 0 Å². The second-order valence-electron chi connectivity index (χ2n) is 1.94. The fraction of sp³-hybridized carbons (Fsp3) is 0.600. The van der Waals surface area contributed by atoms with Crippen LogP contribution in [0.25, 0.3) is 0 Å². The Labute approximate surface area is 52.5 Å². The van der Waals surface area contributed by atoms with Gasteiger partial charge in [-0.15, -0.1) is 5.10 Å². The third-order valence-electron chi connectivity index (χ3n) is 0.904. The second-order valence-corrected chi connectivity index (χ2v) is 1.94. The lowest BCUT2D eigenvalue weighted by Crippen LogP contribution is -2.02. The molecule has 0 saturated carbocycles. The highest BCUT2D eigenvalue weighted by Gasteiger charge is 2.01. The minimum atomic E-state index is -0.389. The van der Waals surface area contributed by atoms with Gasteiger partial charge in [0.15, 0.2) is 5.76 Å². The molecule has 4 heteroatoms. The minimum absolute atomic E-state index is 0.389. The van der Waals surface area contributed by atoms with E-state index in [2.05, 4.69) is 14.9 Å². The molecule has 0 aliphatic carbocycles. The van der Waals surface area contributed by atoms with Crippen molar-refractivity contribution in [3.8, 4) is 0 Å². The fourth-order valence-corrected chi connectivity index (χ4v) is 0.569. The zero-order valence-electron chi connectivity index (χ0n) is 5.11. The van der Waals surface area contributed by atoms with Crippen LogP contribution in [-0.4, -0.2) is 21.6 Å². The van der Waals surface area contributed by atoms with Crippen molar-refractivity contribution in [2.45, 2.75) is 19.4 Å². The van der Waals surface area contributed by atoms with E-state index in [0.29, 0.717) is 12.2 Å². The first-order chi connectivity index (χ1) is 4.29. The Bertz CT molecular complexity index is 159. The number of rotatable bonds is 2. The number of nitrogens with zero attached hydrogens (tertiary/aromatic N) is 2. The molecule has 1 N–H and O–H groups in total. The molecule has 0 bridgehead atoms. The SMILES string of the molecule is CC(O)Cc1cnno1. The first kappa shape index (κ1) is 6.22. The Kier molecular flexibility index (Phi) is 1.79. The van der Waals surface area contributed by atoms with E-state index in [1.54, 1.807) is 6.92 Å². The highest BCUT2D eigenvalue weighted by Crippen LogP contribution is 1.97. The molecule has 50 valence electrons. The molecule has 1 rings (SSSR count). The summed E-state index contributed by atoms with van der Waals surface area (Å²) in [4.78, 5) is 0. The molecule has 0 amide bonds. The molecule has 0 spiro atoms. The summed E-state index contributed by atoms with van der Waals surface area (Å²) in [6.07, 6.45) is 1.58. The summed E-state index contributed by atoms with van der Waals surface area (Å²) in [5.74, 6) is 0.616. The van der Waals surface area contributed by atoms with E-state index in [9.17, 15) is 0 Å². The lowest BCUT2D eigenvalue weighted by atomic mass is 10.2. The standard InChI is InChI=1S/C5H8N2O2/c1-4(8)2-5-3-6-7-9-5/h3-4,8H,2H2,1H3. The Balaban J connectivity index is 2.48. The van der Waals surface area contributed by atoms with Gasteiger partial charge in [0.25, 0.3) is 0 Å². The van der Waals surface area contributed by atoms with Crippen molar-refractivity contribution in [3.05, 3.63) is 12.0 Å². The lowest BCUT2D eigenvalue weighted by molar-refractivity contribution is 0.182. The van der Waals surface area contributed by atoms with Crippen LogP contribution in [0.4, 0.5) is 0 Å². The van der Waals surface area contributed by atoms with Crippen molar-refractivity contribution >= 4 is 0 Å². The van der Waals surface area contributed by atoms with Gasteiger partial charge in [-0.1, -0.05) is 0 Å². The maximum Gasteiger partial charge on any atom is 0.159 e. The molecule has 1 heterocycles. The number of aliphatic hydroxyl groups excluding tert-OH is 1. The molecule has 0 aliphatic heterocycles. The summed E-state index contributed by atoms with van der Waals surface area (Å²) in [5, 5.41) is 15.5. The van der Waals surface area contributed by atoms with Crippen LogP contribution in [0.3, 0.4) is 0 Å². The van der Waals surface area contributed by atoms with Gasteiger partial charge in [-0.3, -0.25) is 0 Å². The third kappa shape index (κ3) is 1.81. The van der Waals surface area contributed by atoms with Gasteiger partial charge >= 0.3 is 0 Å². The first-order valence-electron chi connectivity index (χ1n) is 2.73. The molecular formula is C5H8N2O2. The average molecular weight is 128 g/mol. The van der Waals surface area contributed by atoms with E-state index >= 15 is 0 Å². The molecule has 1 atom stereocenters. The molecule has 1 unspecified atom stereocenters. The van der Waals surface area contributed by atoms with Crippen molar-refractivity contribution in [1.29, 1.82) is 0 Å². The average Bonchev–Trinajstić information content (AvgIpc) is 2.15. The van der Waals surface area contributed by atoms with E-state index < -0.39 is 0 Å². The van der Waals surface area contributed by atoms with Crippen LogP contribution in [0.2, 0.25) is 0 Å². The van der Waals surface area contributed by atoms with Gasteiger partial charge in [0.05, 0.1) is 12.3 Å². The van der Waals surface area contributed by atoms with Crippen LogP contribution in [-0.2, 0) is 6.42 Å². The van der Waals surface area contributed by atoms with E-state index in [4.69, 9.17) is 5.11 Å². The molecule has 0 radical (unpaired) electrons.